The Hall–Kier alpha value is -2.03. The summed E-state index contributed by atoms with van der Waals surface area (Å²) in [6.07, 6.45) is -4.93. The Bertz CT molecular complexity index is 477. The van der Waals surface area contributed by atoms with Gasteiger partial charge in [0.15, 0.2) is 0 Å². The third-order valence-corrected chi connectivity index (χ3v) is 2.09. The molecule has 2 N–H and O–H groups in total. The molecule has 6 nitrogen and oxygen atoms in total. The molecule has 106 valence electrons. The summed E-state index contributed by atoms with van der Waals surface area (Å²) in [5, 5.41) is 0. The number of ether oxygens (including phenoxy) is 3. The molecule has 0 saturated heterocycles. The Kier molecular flexibility index (Phi) is 4.54. The quantitative estimate of drug-likeness (QED) is 0.835. The second-order valence-corrected chi connectivity index (χ2v) is 3.24. The first-order valence-corrected chi connectivity index (χ1v) is 4.94. The van der Waals surface area contributed by atoms with Crippen molar-refractivity contribution in [1.82, 2.24) is 4.98 Å². The third-order valence-electron chi connectivity index (χ3n) is 2.09. The molecular weight excluding hydrogens is 269 g/mol. The molecule has 0 aromatic carbocycles. The lowest BCUT2D eigenvalue weighted by molar-refractivity contribution is -0.276. The fourth-order valence-electron chi connectivity index (χ4n) is 1.35. The lowest BCUT2D eigenvalue weighted by atomic mass is 10.1. The number of aromatic nitrogens is 1. The zero-order chi connectivity index (χ0) is 14.6. The van der Waals surface area contributed by atoms with Crippen molar-refractivity contribution in [3.8, 4) is 11.8 Å². The molecule has 0 amide bonds. The zero-order valence-electron chi connectivity index (χ0n) is 10.1. The second kappa shape index (κ2) is 5.74. The smallest absolute Gasteiger partial charge is 0.481 e. The van der Waals surface area contributed by atoms with Crippen molar-refractivity contribution in [3.63, 3.8) is 0 Å². The standard InChI is InChI=1S/C10H11F3N2O4/c1-17-8-6(4-14)5(9(16)18-2)3-7(15-8)19-10(11,12)13/h3H,4,14H2,1-2H3. The van der Waals surface area contributed by atoms with Gasteiger partial charge in [-0.3, -0.25) is 0 Å². The number of carbonyl (C=O) groups is 1. The normalized spacial score (nSPS) is 11.1. The molecule has 0 bridgehead atoms. The molecule has 0 aliphatic rings. The molecule has 9 heteroatoms. The number of alkyl halides is 3. The number of rotatable bonds is 4. The van der Waals surface area contributed by atoms with Crippen molar-refractivity contribution < 1.29 is 32.2 Å². The third kappa shape index (κ3) is 3.71. The maximum Gasteiger partial charge on any atom is 0.574 e. The van der Waals surface area contributed by atoms with E-state index < -0.39 is 18.2 Å². The summed E-state index contributed by atoms with van der Waals surface area (Å²) in [5.74, 6) is -1.93. The summed E-state index contributed by atoms with van der Waals surface area (Å²) >= 11 is 0. The molecule has 1 heterocycles. The Morgan fingerprint density at radius 1 is 1.42 bits per heavy atom. The minimum Gasteiger partial charge on any atom is -0.481 e. The molecule has 0 radical (unpaired) electrons. The fraction of sp³-hybridized carbons (Fsp3) is 0.400. The highest BCUT2D eigenvalue weighted by Gasteiger charge is 2.33. The van der Waals surface area contributed by atoms with E-state index in [1.807, 2.05) is 0 Å². The van der Waals surface area contributed by atoms with Crippen molar-refractivity contribution in [2.75, 3.05) is 14.2 Å². The summed E-state index contributed by atoms with van der Waals surface area (Å²) in [6, 6.07) is 0.796. The largest absolute Gasteiger partial charge is 0.574 e. The Labute approximate surface area is 106 Å². The van der Waals surface area contributed by atoms with Crippen LogP contribution in [-0.2, 0) is 11.3 Å². The first-order valence-electron chi connectivity index (χ1n) is 4.94. The summed E-state index contributed by atoms with van der Waals surface area (Å²) in [5.41, 5.74) is 5.34. The van der Waals surface area contributed by atoms with Gasteiger partial charge >= 0.3 is 12.3 Å². The lowest BCUT2D eigenvalue weighted by Crippen LogP contribution is -2.20. The van der Waals surface area contributed by atoms with Crippen molar-refractivity contribution in [3.05, 3.63) is 17.2 Å². The average molecular weight is 280 g/mol. The van der Waals surface area contributed by atoms with Crippen LogP contribution >= 0.6 is 0 Å². The molecule has 0 atom stereocenters. The fourth-order valence-corrected chi connectivity index (χ4v) is 1.35. The van der Waals surface area contributed by atoms with Crippen molar-refractivity contribution in [2.24, 2.45) is 5.73 Å². The highest BCUT2D eigenvalue weighted by atomic mass is 19.4. The Balaban J connectivity index is 3.34. The lowest BCUT2D eigenvalue weighted by Gasteiger charge is -2.14. The molecule has 0 unspecified atom stereocenters. The van der Waals surface area contributed by atoms with Gasteiger partial charge in [-0.1, -0.05) is 0 Å². The Morgan fingerprint density at radius 3 is 2.47 bits per heavy atom. The minimum atomic E-state index is -4.93. The van der Waals surface area contributed by atoms with Crippen LogP contribution in [0.25, 0.3) is 0 Å². The van der Waals surface area contributed by atoms with Crippen LogP contribution in [-0.4, -0.2) is 31.5 Å². The molecule has 1 aromatic heterocycles. The molecule has 0 saturated carbocycles. The number of hydrogen-bond donors (Lipinski definition) is 1. The second-order valence-electron chi connectivity index (χ2n) is 3.24. The average Bonchev–Trinajstić information content (AvgIpc) is 2.34. The monoisotopic (exact) mass is 280 g/mol. The van der Waals surface area contributed by atoms with Gasteiger partial charge in [0.05, 0.1) is 19.8 Å². The van der Waals surface area contributed by atoms with Crippen LogP contribution in [0, 0.1) is 0 Å². The van der Waals surface area contributed by atoms with E-state index in [2.05, 4.69) is 14.5 Å². The van der Waals surface area contributed by atoms with Crippen LogP contribution in [0.4, 0.5) is 13.2 Å². The number of methoxy groups -OCH3 is 2. The van der Waals surface area contributed by atoms with E-state index >= 15 is 0 Å². The number of hydrogen-bond acceptors (Lipinski definition) is 6. The summed E-state index contributed by atoms with van der Waals surface area (Å²) in [6.45, 7) is -0.160. The molecule has 19 heavy (non-hydrogen) atoms. The van der Waals surface area contributed by atoms with Gasteiger partial charge in [0.1, 0.15) is 0 Å². The molecule has 1 rings (SSSR count). The number of pyridine rings is 1. The zero-order valence-corrected chi connectivity index (χ0v) is 10.1. The Morgan fingerprint density at radius 2 is 2.05 bits per heavy atom. The van der Waals surface area contributed by atoms with E-state index in [1.165, 1.54) is 7.11 Å². The summed E-state index contributed by atoms with van der Waals surface area (Å²) < 4.78 is 49.3. The van der Waals surface area contributed by atoms with Crippen molar-refractivity contribution in [2.45, 2.75) is 12.9 Å². The van der Waals surface area contributed by atoms with Crippen LogP contribution in [0.15, 0.2) is 6.07 Å². The van der Waals surface area contributed by atoms with Crippen LogP contribution < -0.4 is 15.2 Å². The van der Waals surface area contributed by atoms with Gasteiger partial charge < -0.3 is 19.9 Å². The number of carbonyl (C=O) groups excluding carboxylic acids is 1. The van der Waals surface area contributed by atoms with E-state index in [0.29, 0.717) is 0 Å². The predicted octanol–water partition coefficient (Wildman–Crippen LogP) is 1.23. The molecule has 0 fully saturated rings. The maximum absolute atomic E-state index is 12.1. The van der Waals surface area contributed by atoms with Gasteiger partial charge in [-0.2, -0.15) is 4.98 Å². The minimum absolute atomic E-state index is 0.129. The molecule has 0 aliphatic carbocycles. The van der Waals surface area contributed by atoms with Gasteiger partial charge in [-0.15, -0.1) is 13.2 Å². The van der Waals surface area contributed by atoms with Crippen LogP contribution in [0.3, 0.4) is 0 Å². The molecule has 0 spiro atoms. The molecule has 0 aliphatic heterocycles. The van der Waals surface area contributed by atoms with E-state index in [4.69, 9.17) is 10.5 Å². The number of esters is 1. The number of nitrogens with two attached hydrogens (primary N) is 1. The van der Waals surface area contributed by atoms with E-state index in [9.17, 15) is 18.0 Å². The van der Waals surface area contributed by atoms with E-state index in [-0.39, 0.29) is 23.6 Å². The first-order chi connectivity index (χ1) is 8.82. The SMILES string of the molecule is COC(=O)c1cc(OC(F)(F)F)nc(OC)c1CN. The van der Waals surface area contributed by atoms with Crippen LogP contribution in [0.1, 0.15) is 15.9 Å². The van der Waals surface area contributed by atoms with Crippen molar-refractivity contribution in [1.29, 1.82) is 0 Å². The summed E-state index contributed by atoms with van der Waals surface area (Å²) in [7, 11) is 2.26. The highest BCUT2D eigenvalue weighted by Crippen LogP contribution is 2.28. The van der Waals surface area contributed by atoms with Crippen molar-refractivity contribution >= 4 is 5.97 Å². The number of halogens is 3. The maximum atomic E-state index is 12.1. The van der Waals surface area contributed by atoms with E-state index in [1.54, 1.807) is 0 Å². The van der Waals surface area contributed by atoms with E-state index in [0.717, 1.165) is 13.2 Å². The van der Waals surface area contributed by atoms with Gasteiger partial charge in [0.2, 0.25) is 11.8 Å². The first kappa shape index (κ1) is 15.0. The van der Waals surface area contributed by atoms with Crippen LogP contribution in [0.2, 0.25) is 0 Å². The van der Waals surface area contributed by atoms with Gasteiger partial charge in [0.25, 0.3) is 0 Å². The topological polar surface area (TPSA) is 83.7 Å². The highest BCUT2D eigenvalue weighted by molar-refractivity contribution is 5.92. The molecular formula is C10H11F3N2O4. The van der Waals surface area contributed by atoms with Gasteiger partial charge in [0, 0.05) is 18.2 Å². The van der Waals surface area contributed by atoms with Gasteiger partial charge in [-0.25, -0.2) is 4.79 Å². The number of nitrogens with zero attached hydrogens (tertiary/aromatic N) is 1. The molecule has 1 aromatic rings. The predicted molar refractivity (Wildman–Crippen MR) is 56.7 cm³/mol. The van der Waals surface area contributed by atoms with Gasteiger partial charge in [-0.05, 0) is 0 Å². The van der Waals surface area contributed by atoms with Crippen LogP contribution in [0.5, 0.6) is 11.8 Å². The summed E-state index contributed by atoms with van der Waals surface area (Å²) in [4.78, 5) is 15.0.